The van der Waals surface area contributed by atoms with E-state index in [0.717, 1.165) is 30.1 Å². The molecule has 0 N–H and O–H groups in total. The molecule has 0 fully saturated rings. The standard InChI is InChI=1S/C19H22N4O2/c1-14-4-8-17(9-5-14)22-13-16(12-21(2)3)19(20-22)15-6-10-18(11-7-15)23(24)25/h4-11,16H,12-13H2,1-3H3. The van der Waals surface area contributed by atoms with E-state index in [1.165, 1.54) is 5.56 Å². The molecule has 130 valence electrons. The van der Waals surface area contributed by atoms with Gasteiger partial charge in [-0.2, -0.15) is 5.10 Å². The highest BCUT2D eigenvalue weighted by molar-refractivity contribution is 6.04. The first-order chi connectivity index (χ1) is 11.9. The maximum atomic E-state index is 10.9. The molecule has 0 radical (unpaired) electrons. The van der Waals surface area contributed by atoms with Gasteiger partial charge in [0.15, 0.2) is 0 Å². The number of nitrogens with zero attached hydrogens (tertiary/aromatic N) is 4. The smallest absolute Gasteiger partial charge is 0.269 e. The van der Waals surface area contributed by atoms with Crippen LogP contribution in [-0.4, -0.2) is 42.7 Å². The summed E-state index contributed by atoms with van der Waals surface area (Å²) in [6.07, 6.45) is 0. The summed E-state index contributed by atoms with van der Waals surface area (Å²) >= 11 is 0. The summed E-state index contributed by atoms with van der Waals surface area (Å²) in [4.78, 5) is 12.6. The highest BCUT2D eigenvalue weighted by Gasteiger charge is 2.29. The van der Waals surface area contributed by atoms with Crippen molar-refractivity contribution in [3.8, 4) is 0 Å². The predicted molar refractivity (Wildman–Crippen MR) is 100 cm³/mol. The van der Waals surface area contributed by atoms with E-state index in [1.54, 1.807) is 24.3 Å². The van der Waals surface area contributed by atoms with Crippen LogP contribution >= 0.6 is 0 Å². The molecule has 0 saturated carbocycles. The highest BCUT2D eigenvalue weighted by atomic mass is 16.6. The van der Waals surface area contributed by atoms with Gasteiger partial charge in [-0.15, -0.1) is 0 Å². The number of hydrogen-bond acceptors (Lipinski definition) is 5. The predicted octanol–water partition coefficient (Wildman–Crippen LogP) is 3.31. The molecule has 3 rings (SSSR count). The first kappa shape index (κ1) is 17.1. The molecule has 0 amide bonds. The van der Waals surface area contributed by atoms with Crippen molar-refractivity contribution in [2.45, 2.75) is 6.92 Å². The number of anilines is 1. The van der Waals surface area contributed by atoms with Gasteiger partial charge < -0.3 is 4.90 Å². The summed E-state index contributed by atoms with van der Waals surface area (Å²) in [5.41, 5.74) is 4.29. The van der Waals surface area contributed by atoms with E-state index in [-0.39, 0.29) is 16.5 Å². The summed E-state index contributed by atoms with van der Waals surface area (Å²) in [7, 11) is 4.09. The van der Waals surface area contributed by atoms with Crippen molar-refractivity contribution in [2.24, 2.45) is 11.0 Å². The van der Waals surface area contributed by atoms with Gasteiger partial charge in [0.2, 0.25) is 0 Å². The van der Waals surface area contributed by atoms with Gasteiger partial charge in [0, 0.05) is 24.6 Å². The van der Waals surface area contributed by atoms with E-state index in [2.05, 4.69) is 36.1 Å². The van der Waals surface area contributed by atoms with Crippen LogP contribution in [0.25, 0.3) is 0 Å². The molecule has 0 bridgehead atoms. The van der Waals surface area contributed by atoms with Crippen LogP contribution in [0.15, 0.2) is 53.6 Å². The molecule has 1 aliphatic heterocycles. The Labute approximate surface area is 147 Å². The van der Waals surface area contributed by atoms with E-state index in [1.807, 2.05) is 19.1 Å². The molecule has 25 heavy (non-hydrogen) atoms. The Bertz CT molecular complexity index is 782. The van der Waals surface area contributed by atoms with Crippen molar-refractivity contribution < 1.29 is 4.92 Å². The van der Waals surface area contributed by atoms with Crippen molar-refractivity contribution in [3.63, 3.8) is 0 Å². The number of benzene rings is 2. The molecule has 1 unspecified atom stereocenters. The summed E-state index contributed by atoms with van der Waals surface area (Å²) < 4.78 is 0. The summed E-state index contributed by atoms with van der Waals surface area (Å²) in [6.45, 7) is 3.74. The van der Waals surface area contributed by atoms with Crippen LogP contribution in [0.1, 0.15) is 11.1 Å². The van der Waals surface area contributed by atoms with Crippen molar-refractivity contribution in [1.82, 2.24) is 4.90 Å². The van der Waals surface area contributed by atoms with Crippen molar-refractivity contribution in [2.75, 3.05) is 32.2 Å². The number of hydrazone groups is 1. The maximum Gasteiger partial charge on any atom is 0.269 e. The average molecular weight is 338 g/mol. The van der Waals surface area contributed by atoms with Crippen molar-refractivity contribution in [3.05, 3.63) is 69.8 Å². The fourth-order valence-electron chi connectivity index (χ4n) is 3.06. The van der Waals surface area contributed by atoms with Gasteiger partial charge in [-0.3, -0.25) is 15.1 Å². The second-order valence-corrected chi connectivity index (χ2v) is 6.67. The Kier molecular flexibility index (Phi) is 4.81. The van der Waals surface area contributed by atoms with Crippen LogP contribution in [0.2, 0.25) is 0 Å². The third kappa shape index (κ3) is 3.85. The zero-order valence-corrected chi connectivity index (χ0v) is 14.7. The molecule has 2 aromatic carbocycles. The minimum absolute atomic E-state index is 0.0990. The van der Waals surface area contributed by atoms with Gasteiger partial charge in [0.25, 0.3) is 5.69 Å². The molecule has 0 aliphatic carbocycles. The number of non-ortho nitro benzene ring substituents is 1. The minimum atomic E-state index is -0.379. The molecule has 1 atom stereocenters. The summed E-state index contributed by atoms with van der Waals surface area (Å²) in [6, 6.07) is 15.0. The fraction of sp³-hybridized carbons (Fsp3) is 0.316. The highest BCUT2D eigenvalue weighted by Crippen LogP contribution is 2.27. The van der Waals surface area contributed by atoms with E-state index < -0.39 is 0 Å². The number of rotatable bonds is 5. The molecule has 0 aromatic heterocycles. The van der Waals surface area contributed by atoms with Crippen LogP contribution in [0.5, 0.6) is 0 Å². The van der Waals surface area contributed by atoms with Crippen LogP contribution < -0.4 is 5.01 Å². The lowest BCUT2D eigenvalue weighted by Gasteiger charge is -2.19. The molecular formula is C19H22N4O2. The van der Waals surface area contributed by atoms with Crippen LogP contribution in [-0.2, 0) is 0 Å². The lowest BCUT2D eigenvalue weighted by molar-refractivity contribution is -0.384. The molecule has 0 spiro atoms. The van der Waals surface area contributed by atoms with Crippen LogP contribution in [0.3, 0.4) is 0 Å². The first-order valence-electron chi connectivity index (χ1n) is 8.26. The maximum absolute atomic E-state index is 10.9. The second kappa shape index (κ2) is 7.03. The van der Waals surface area contributed by atoms with E-state index >= 15 is 0 Å². The minimum Gasteiger partial charge on any atom is -0.309 e. The van der Waals surface area contributed by atoms with E-state index in [0.29, 0.717) is 0 Å². The van der Waals surface area contributed by atoms with Crippen LogP contribution in [0.4, 0.5) is 11.4 Å². The normalized spacial score (nSPS) is 17.0. The van der Waals surface area contributed by atoms with Gasteiger partial charge in [-0.05, 0) is 50.8 Å². The molecule has 0 saturated heterocycles. The van der Waals surface area contributed by atoms with E-state index in [9.17, 15) is 10.1 Å². The van der Waals surface area contributed by atoms with Crippen LogP contribution in [0, 0.1) is 23.0 Å². The van der Waals surface area contributed by atoms with Gasteiger partial charge in [-0.1, -0.05) is 17.7 Å². The fourth-order valence-corrected chi connectivity index (χ4v) is 3.06. The molecule has 1 aliphatic rings. The second-order valence-electron chi connectivity index (χ2n) is 6.67. The molecule has 2 aromatic rings. The third-order valence-corrected chi connectivity index (χ3v) is 4.30. The molecule has 6 heteroatoms. The Morgan fingerprint density at radius 1 is 1.16 bits per heavy atom. The van der Waals surface area contributed by atoms with Gasteiger partial charge >= 0.3 is 0 Å². The zero-order chi connectivity index (χ0) is 18.0. The lowest BCUT2D eigenvalue weighted by atomic mass is 9.97. The van der Waals surface area contributed by atoms with Crippen molar-refractivity contribution >= 4 is 17.1 Å². The van der Waals surface area contributed by atoms with Crippen molar-refractivity contribution in [1.29, 1.82) is 0 Å². The molecule has 1 heterocycles. The molecule has 6 nitrogen and oxygen atoms in total. The SMILES string of the molecule is Cc1ccc(N2CC(CN(C)C)C(c3ccc([N+](=O)[O-])cc3)=N2)cc1. The number of nitro benzene ring substituents is 1. The Hall–Kier alpha value is -2.73. The molecular weight excluding hydrogens is 316 g/mol. The summed E-state index contributed by atoms with van der Waals surface area (Å²) in [5.74, 6) is 0.248. The number of nitro groups is 1. The quantitative estimate of drug-likeness (QED) is 0.620. The summed E-state index contributed by atoms with van der Waals surface area (Å²) in [5, 5.41) is 17.7. The Morgan fingerprint density at radius 2 is 1.80 bits per heavy atom. The van der Waals surface area contributed by atoms with Gasteiger partial charge in [0.1, 0.15) is 0 Å². The zero-order valence-electron chi connectivity index (χ0n) is 14.7. The largest absolute Gasteiger partial charge is 0.309 e. The van der Waals surface area contributed by atoms with Gasteiger partial charge in [0.05, 0.1) is 22.9 Å². The lowest BCUT2D eigenvalue weighted by Crippen LogP contribution is -2.30. The average Bonchev–Trinajstić information content (AvgIpc) is 2.98. The third-order valence-electron chi connectivity index (χ3n) is 4.30. The number of hydrogen-bond donors (Lipinski definition) is 0. The first-order valence-corrected chi connectivity index (χ1v) is 8.26. The topological polar surface area (TPSA) is 62.0 Å². The Morgan fingerprint density at radius 3 is 2.36 bits per heavy atom. The number of aryl methyl sites for hydroxylation is 1. The van der Waals surface area contributed by atoms with Gasteiger partial charge in [-0.25, -0.2) is 0 Å². The monoisotopic (exact) mass is 338 g/mol. The van der Waals surface area contributed by atoms with E-state index in [4.69, 9.17) is 5.10 Å². The Balaban J connectivity index is 1.92.